The highest BCUT2D eigenvalue weighted by molar-refractivity contribution is 5.79. The molecule has 2 aromatic carbocycles. The van der Waals surface area contributed by atoms with Crippen LogP contribution < -0.4 is 10.6 Å². The zero-order valence-electron chi connectivity index (χ0n) is 17.8. The van der Waals surface area contributed by atoms with E-state index in [2.05, 4.69) is 65.0 Å². The van der Waals surface area contributed by atoms with Gasteiger partial charge in [0, 0.05) is 39.8 Å². The van der Waals surface area contributed by atoms with Crippen molar-refractivity contribution in [1.82, 2.24) is 10.6 Å². The minimum absolute atomic E-state index is 0.136. The molecule has 0 aliphatic carbocycles. The third-order valence-electron chi connectivity index (χ3n) is 5.47. The van der Waals surface area contributed by atoms with E-state index < -0.39 is 0 Å². The van der Waals surface area contributed by atoms with Crippen molar-refractivity contribution in [3.63, 3.8) is 0 Å². The van der Waals surface area contributed by atoms with E-state index in [1.807, 2.05) is 13.1 Å². The molecule has 156 valence electrons. The van der Waals surface area contributed by atoms with Crippen LogP contribution in [0.2, 0.25) is 0 Å². The fraction of sp³-hybridized carbons (Fsp3) is 0.458. The minimum Gasteiger partial charge on any atom is -0.380 e. The number of rotatable bonds is 7. The summed E-state index contributed by atoms with van der Waals surface area (Å²) in [5.41, 5.74) is 4.95. The number of ether oxygens (including phenoxy) is 2. The molecule has 2 aromatic rings. The highest BCUT2D eigenvalue weighted by atomic mass is 16.5. The SMILES string of the molecule is CN=C(NCc1ccccc1COC)NCC1CCCOC1c1ccc(C)cc1. The molecule has 1 heterocycles. The van der Waals surface area contributed by atoms with Crippen molar-refractivity contribution >= 4 is 5.96 Å². The minimum atomic E-state index is 0.136. The van der Waals surface area contributed by atoms with E-state index in [1.165, 1.54) is 22.3 Å². The second kappa shape index (κ2) is 11.0. The van der Waals surface area contributed by atoms with Crippen LogP contribution >= 0.6 is 0 Å². The van der Waals surface area contributed by atoms with E-state index in [9.17, 15) is 0 Å². The Morgan fingerprint density at radius 3 is 2.59 bits per heavy atom. The van der Waals surface area contributed by atoms with Gasteiger partial charge in [-0.2, -0.15) is 0 Å². The van der Waals surface area contributed by atoms with Crippen molar-refractivity contribution in [1.29, 1.82) is 0 Å². The molecule has 2 atom stereocenters. The topological polar surface area (TPSA) is 54.9 Å². The van der Waals surface area contributed by atoms with E-state index in [1.54, 1.807) is 7.11 Å². The van der Waals surface area contributed by atoms with Gasteiger partial charge in [-0.1, -0.05) is 54.1 Å². The fourth-order valence-electron chi connectivity index (χ4n) is 3.83. The van der Waals surface area contributed by atoms with Gasteiger partial charge < -0.3 is 20.1 Å². The molecule has 0 spiro atoms. The number of hydrogen-bond acceptors (Lipinski definition) is 3. The summed E-state index contributed by atoms with van der Waals surface area (Å²) in [5, 5.41) is 6.93. The second-order valence-electron chi connectivity index (χ2n) is 7.61. The van der Waals surface area contributed by atoms with E-state index in [-0.39, 0.29) is 6.10 Å². The van der Waals surface area contributed by atoms with E-state index in [4.69, 9.17) is 9.47 Å². The quantitative estimate of drug-likeness (QED) is 0.550. The molecule has 1 aliphatic rings. The number of nitrogens with zero attached hydrogens (tertiary/aromatic N) is 1. The Labute approximate surface area is 174 Å². The van der Waals surface area contributed by atoms with Gasteiger partial charge in [-0.3, -0.25) is 4.99 Å². The van der Waals surface area contributed by atoms with Crippen LogP contribution in [-0.4, -0.2) is 33.3 Å². The molecule has 5 nitrogen and oxygen atoms in total. The average molecular weight is 396 g/mol. The van der Waals surface area contributed by atoms with Crippen molar-refractivity contribution in [2.75, 3.05) is 27.3 Å². The van der Waals surface area contributed by atoms with Crippen LogP contribution in [0.15, 0.2) is 53.5 Å². The van der Waals surface area contributed by atoms with Gasteiger partial charge in [0.05, 0.1) is 12.7 Å². The fourth-order valence-corrected chi connectivity index (χ4v) is 3.83. The summed E-state index contributed by atoms with van der Waals surface area (Å²) in [5.74, 6) is 1.23. The number of benzene rings is 2. The predicted molar refractivity (Wildman–Crippen MR) is 118 cm³/mol. The Balaban J connectivity index is 1.57. The monoisotopic (exact) mass is 395 g/mol. The lowest BCUT2D eigenvalue weighted by atomic mass is 9.89. The maximum absolute atomic E-state index is 6.14. The number of guanidine groups is 1. The van der Waals surface area contributed by atoms with Gasteiger partial charge in [-0.25, -0.2) is 0 Å². The first-order valence-electron chi connectivity index (χ1n) is 10.4. The summed E-state index contributed by atoms with van der Waals surface area (Å²) < 4.78 is 11.4. The van der Waals surface area contributed by atoms with Crippen molar-refractivity contribution in [2.45, 2.75) is 39.0 Å². The first kappa shape index (κ1) is 21.3. The van der Waals surface area contributed by atoms with Gasteiger partial charge >= 0.3 is 0 Å². The summed E-state index contributed by atoms with van der Waals surface area (Å²) in [7, 11) is 3.53. The molecule has 0 aromatic heterocycles. The largest absolute Gasteiger partial charge is 0.380 e. The van der Waals surface area contributed by atoms with Crippen LogP contribution in [0.5, 0.6) is 0 Å². The van der Waals surface area contributed by atoms with Gasteiger partial charge in [0.2, 0.25) is 0 Å². The summed E-state index contributed by atoms with van der Waals surface area (Å²) in [6, 6.07) is 17.0. The number of nitrogens with one attached hydrogen (secondary N) is 2. The molecule has 1 aliphatic heterocycles. The van der Waals surface area contributed by atoms with Crippen LogP contribution in [0.25, 0.3) is 0 Å². The zero-order chi connectivity index (χ0) is 20.5. The number of methoxy groups -OCH3 is 1. The summed E-state index contributed by atoms with van der Waals surface area (Å²) in [6.07, 6.45) is 2.39. The van der Waals surface area contributed by atoms with Gasteiger partial charge in [0.15, 0.2) is 5.96 Å². The smallest absolute Gasteiger partial charge is 0.191 e. The summed E-state index contributed by atoms with van der Waals surface area (Å²) >= 11 is 0. The van der Waals surface area contributed by atoms with Crippen LogP contribution in [-0.2, 0) is 22.6 Å². The Hall–Kier alpha value is -2.37. The van der Waals surface area contributed by atoms with Crippen molar-refractivity contribution < 1.29 is 9.47 Å². The first-order valence-corrected chi connectivity index (χ1v) is 10.4. The van der Waals surface area contributed by atoms with Gasteiger partial charge in [-0.15, -0.1) is 0 Å². The molecule has 1 saturated heterocycles. The molecule has 2 N–H and O–H groups in total. The van der Waals surface area contributed by atoms with Gasteiger partial charge in [-0.05, 0) is 36.5 Å². The van der Waals surface area contributed by atoms with Crippen LogP contribution in [0, 0.1) is 12.8 Å². The third-order valence-corrected chi connectivity index (χ3v) is 5.47. The zero-order valence-corrected chi connectivity index (χ0v) is 17.8. The normalized spacial score (nSPS) is 19.8. The molecule has 0 bridgehead atoms. The Kier molecular flexibility index (Phi) is 8.08. The maximum atomic E-state index is 6.14. The number of hydrogen-bond donors (Lipinski definition) is 2. The van der Waals surface area contributed by atoms with Gasteiger partial charge in [0.1, 0.15) is 0 Å². The highest BCUT2D eigenvalue weighted by Crippen LogP contribution is 2.33. The Bertz CT molecular complexity index is 789. The number of aliphatic imine (C=N–C) groups is 1. The first-order chi connectivity index (χ1) is 14.2. The molecule has 0 radical (unpaired) electrons. The molecule has 3 rings (SSSR count). The van der Waals surface area contributed by atoms with Crippen LogP contribution in [0.1, 0.15) is 41.2 Å². The molecule has 5 heteroatoms. The van der Waals surface area contributed by atoms with Crippen molar-refractivity contribution in [3.05, 3.63) is 70.8 Å². The number of aryl methyl sites for hydroxylation is 1. The lowest BCUT2D eigenvalue weighted by molar-refractivity contribution is -0.0265. The Morgan fingerprint density at radius 1 is 1.10 bits per heavy atom. The van der Waals surface area contributed by atoms with E-state index >= 15 is 0 Å². The lowest BCUT2D eigenvalue weighted by Gasteiger charge is -2.32. The van der Waals surface area contributed by atoms with Crippen LogP contribution in [0.3, 0.4) is 0 Å². The van der Waals surface area contributed by atoms with E-state index in [0.717, 1.165) is 32.0 Å². The highest BCUT2D eigenvalue weighted by Gasteiger charge is 2.27. The molecule has 29 heavy (non-hydrogen) atoms. The maximum Gasteiger partial charge on any atom is 0.191 e. The Morgan fingerprint density at radius 2 is 1.86 bits per heavy atom. The lowest BCUT2D eigenvalue weighted by Crippen LogP contribution is -2.41. The average Bonchev–Trinajstić information content (AvgIpc) is 2.76. The summed E-state index contributed by atoms with van der Waals surface area (Å²) in [6.45, 7) is 5.10. The molecular weight excluding hydrogens is 362 g/mol. The van der Waals surface area contributed by atoms with Crippen LogP contribution in [0.4, 0.5) is 0 Å². The summed E-state index contributed by atoms with van der Waals surface area (Å²) in [4.78, 5) is 4.39. The molecule has 0 saturated carbocycles. The molecule has 2 unspecified atom stereocenters. The van der Waals surface area contributed by atoms with Crippen molar-refractivity contribution in [2.24, 2.45) is 10.9 Å². The molecule has 1 fully saturated rings. The van der Waals surface area contributed by atoms with E-state index in [0.29, 0.717) is 19.1 Å². The van der Waals surface area contributed by atoms with Gasteiger partial charge in [0.25, 0.3) is 0 Å². The standard InChI is InChI=1S/C24H33N3O2/c1-18-10-12-19(13-11-18)23-21(9-6-14-29-23)16-27-24(25-2)26-15-20-7-4-5-8-22(20)17-28-3/h4-5,7-8,10-13,21,23H,6,9,14-17H2,1-3H3,(H2,25,26,27). The van der Waals surface area contributed by atoms with Crippen molar-refractivity contribution in [3.8, 4) is 0 Å². The third kappa shape index (κ3) is 6.05. The predicted octanol–water partition coefficient (Wildman–Crippen LogP) is 3.97. The molecular formula is C24H33N3O2. The molecule has 0 amide bonds. The second-order valence-corrected chi connectivity index (χ2v) is 7.61.